The highest BCUT2D eigenvalue weighted by Gasteiger charge is 2.16. The van der Waals surface area contributed by atoms with Gasteiger partial charge in [0.25, 0.3) is 0 Å². The Balaban J connectivity index is 1.65. The quantitative estimate of drug-likeness (QED) is 0.825. The molecular formula is C17H25NO. The first-order valence-electron chi connectivity index (χ1n) is 7.57. The number of rotatable bonds is 6. The number of amides is 1. The molecule has 1 unspecified atom stereocenters. The summed E-state index contributed by atoms with van der Waals surface area (Å²) in [7, 11) is 0. The van der Waals surface area contributed by atoms with Gasteiger partial charge in [-0.15, -0.1) is 0 Å². The van der Waals surface area contributed by atoms with Gasteiger partial charge in [-0.1, -0.05) is 62.9 Å². The summed E-state index contributed by atoms with van der Waals surface area (Å²) in [5, 5.41) is 3.07. The molecule has 1 atom stereocenters. The number of carbonyl (C=O) groups is 1. The van der Waals surface area contributed by atoms with Gasteiger partial charge in [0.15, 0.2) is 0 Å². The van der Waals surface area contributed by atoms with Crippen LogP contribution in [0.2, 0.25) is 0 Å². The van der Waals surface area contributed by atoms with Gasteiger partial charge in [0, 0.05) is 13.0 Å². The maximum Gasteiger partial charge on any atom is 0.220 e. The van der Waals surface area contributed by atoms with Crippen LogP contribution in [0.1, 0.15) is 56.9 Å². The molecule has 1 amide bonds. The van der Waals surface area contributed by atoms with E-state index in [1.807, 2.05) is 18.2 Å². The third-order valence-corrected chi connectivity index (χ3v) is 4.23. The van der Waals surface area contributed by atoms with Crippen LogP contribution in [0.25, 0.3) is 0 Å². The molecule has 1 aromatic rings. The fraction of sp³-hybridized carbons (Fsp3) is 0.588. The second-order valence-corrected chi connectivity index (χ2v) is 5.80. The molecule has 0 saturated heterocycles. The average Bonchev–Trinajstić information content (AvgIpc) is 2.96. The summed E-state index contributed by atoms with van der Waals surface area (Å²) in [6.07, 6.45) is 7.15. The lowest BCUT2D eigenvalue weighted by Crippen LogP contribution is -2.27. The number of hydrogen-bond acceptors (Lipinski definition) is 1. The van der Waals surface area contributed by atoms with Crippen LogP contribution in [0.3, 0.4) is 0 Å². The van der Waals surface area contributed by atoms with Gasteiger partial charge in [0.2, 0.25) is 5.91 Å². The van der Waals surface area contributed by atoms with Crippen LogP contribution in [-0.4, -0.2) is 12.5 Å². The molecule has 2 heteroatoms. The van der Waals surface area contributed by atoms with Crippen molar-refractivity contribution < 1.29 is 4.79 Å². The lowest BCUT2D eigenvalue weighted by atomic mass is 10.0. The Kier molecular flexibility index (Phi) is 5.44. The van der Waals surface area contributed by atoms with E-state index in [0.29, 0.717) is 12.3 Å². The summed E-state index contributed by atoms with van der Waals surface area (Å²) in [5.41, 5.74) is 1.29. The zero-order valence-electron chi connectivity index (χ0n) is 11.9. The van der Waals surface area contributed by atoms with Crippen LogP contribution >= 0.6 is 0 Å². The zero-order valence-corrected chi connectivity index (χ0v) is 11.9. The van der Waals surface area contributed by atoms with E-state index in [2.05, 4.69) is 24.4 Å². The number of benzene rings is 1. The highest BCUT2D eigenvalue weighted by Crippen LogP contribution is 2.28. The SMILES string of the molecule is CC(CNC(=O)CCC1CCCC1)c1ccccc1. The van der Waals surface area contributed by atoms with Crippen molar-refractivity contribution in [3.05, 3.63) is 35.9 Å². The summed E-state index contributed by atoms with van der Waals surface area (Å²) in [4.78, 5) is 11.8. The van der Waals surface area contributed by atoms with Crippen LogP contribution in [0, 0.1) is 5.92 Å². The van der Waals surface area contributed by atoms with Gasteiger partial charge in [-0.3, -0.25) is 4.79 Å². The van der Waals surface area contributed by atoms with Gasteiger partial charge < -0.3 is 5.32 Å². The average molecular weight is 259 g/mol. The van der Waals surface area contributed by atoms with Crippen molar-refractivity contribution in [3.63, 3.8) is 0 Å². The summed E-state index contributed by atoms with van der Waals surface area (Å²) in [6, 6.07) is 10.4. The maximum atomic E-state index is 11.8. The monoisotopic (exact) mass is 259 g/mol. The molecule has 0 bridgehead atoms. The Bertz CT molecular complexity index is 382. The predicted octanol–water partition coefficient (Wildman–Crippen LogP) is 3.88. The third kappa shape index (κ3) is 4.70. The topological polar surface area (TPSA) is 29.1 Å². The lowest BCUT2D eigenvalue weighted by Gasteiger charge is -2.14. The van der Waals surface area contributed by atoms with E-state index < -0.39 is 0 Å². The van der Waals surface area contributed by atoms with Crippen LogP contribution in [0.5, 0.6) is 0 Å². The molecule has 1 aliphatic rings. The molecule has 2 rings (SSSR count). The van der Waals surface area contributed by atoms with E-state index in [9.17, 15) is 4.79 Å². The molecule has 1 fully saturated rings. The second kappa shape index (κ2) is 7.32. The maximum absolute atomic E-state index is 11.8. The first kappa shape index (κ1) is 14.1. The normalized spacial score (nSPS) is 17.3. The van der Waals surface area contributed by atoms with E-state index in [0.717, 1.165) is 18.9 Å². The van der Waals surface area contributed by atoms with Crippen molar-refractivity contribution in [2.24, 2.45) is 5.92 Å². The van der Waals surface area contributed by atoms with Crippen LogP contribution in [0.4, 0.5) is 0 Å². The minimum atomic E-state index is 0.217. The highest BCUT2D eigenvalue weighted by atomic mass is 16.1. The molecule has 0 aromatic heterocycles. The minimum absolute atomic E-state index is 0.217. The molecular weight excluding hydrogens is 234 g/mol. The van der Waals surface area contributed by atoms with Crippen LogP contribution in [0.15, 0.2) is 30.3 Å². The molecule has 1 aliphatic carbocycles. The highest BCUT2D eigenvalue weighted by molar-refractivity contribution is 5.75. The van der Waals surface area contributed by atoms with E-state index >= 15 is 0 Å². The molecule has 0 spiro atoms. The fourth-order valence-corrected chi connectivity index (χ4v) is 2.89. The smallest absolute Gasteiger partial charge is 0.220 e. The Morgan fingerprint density at radius 1 is 1.26 bits per heavy atom. The molecule has 0 aliphatic heterocycles. The number of hydrogen-bond donors (Lipinski definition) is 1. The van der Waals surface area contributed by atoms with E-state index in [1.54, 1.807) is 0 Å². The zero-order chi connectivity index (χ0) is 13.5. The van der Waals surface area contributed by atoms with Crippen molar-refractivity contribution in [3.8, 4) is 0 Å². The fourth-order valence-electron chi connectivity index (χ4n) is 2.89. The first-order chi connectivity index (χ1) is 9.25. The van der Waals surface area contributed by atoms with Crippen LogP contribution < -0.4 is 5.32 Å². The van der Waals surface area contributed by atoms with Gasteiger partial charge >= 0.3 is 0 Å². The van der Waals surface area contributed by atoms with Gasteiger partial charge in [-0.25, -0.2) is 0 Å². The number of carbonyl (C=O) groups excluding carboxylic acids is 1. The molecule has 0 heterocycles. The summed E-state index contributed by atoms with van der Waals surface area (Å²) < 4.78 is 0. The van der Waals surface area contributed by atoms with E-state index in [4.69, 9.17) is 0 Å². The molecule has 104 valence electrons. The van der Waals surface area contributed by atoms with Crippen molar-refractivity contribution in [1.29, 1.82) is 0 Å². The lowest BCUT2D eigenvalue weighted by molar-refractivity contribution is -0.121. The van der Waals surface area contributed by atoms with Gasteiger partial charge in [-0.05, 0) is 23.8 Å². The number of nitrogens with one attached hydrogen (secondary N) is 1. The first-order valence-corrected chi connectivity index (χ1v) is 7.57. The molecule has 1 aromatic carbocycles. The van der Waals surface area contributed by atoms with E-state index in [-0.39, 0.29) is 5.91 Å². The Morgan fingerprint density at radius 2 is 1.95 bits per heavy atom. The van der Waals surface area contributed by atoms with Crippen molar-refractivity contribution in [2.45, 2.75) is 51.4 Å². The molecule has 1 N–H and O–H groups in total. The Labute approximate surface area is 116 Å². The largest absolute Gasteiger partial charge is 0.356 e. The standard InChI is InChI=1S/C17H25NO/c1-14(16-9-3-2-4-10-16)13-18-17(19)12-11-15-7-5-6-8-15/h2-4,9-10,14-15H,5-8,11-13H2,1H3,(H,18,19). The molecule has 1 saturated carbocycles. The minimum Gasteiger partial charge on any atom is -0.356 e. The van der Waals surface area contributed by atoms with Crippen molar-refractivity contribution >= 4 is 5.91 Å². The third-order valence-electron chi connectivity index (χ3n) is 4.23. The second-order valence-electron chi connectivity index (χ2n) is 5.80. The van der Waals surface area contributed by atoms with E-state index in [1.165, 1.54) is 31.2 Å². The summed E-state index contributed by atoms with van der Waals surface area (Å²) in [6.45, 7) is 2.90. The summed E-state index contributed by atoms with van der Waals surface area (Å²) in [5.74, 6) is 1.41. The van der Waals surface area contributed by atoms with Gasteiger partial charge in [0.1, 0.15) is 0 Å². The predicted molar refractivity (Wildman–Crippen MR) is 79.1 cm³/mol. The van der Waals surface area contributed by atoms with Gasteiger partial charge in [0.05, 0.1) is 0 Å². The van der Waals surface area contributed by atoms with Crippen molar-refractivity contribution in [2.75, 3.05) is 6.54 Å². The Hall–Kier alpha value is -1.31. The summed E-state index contributed by atoms with van der Waals surface area (Å²) >= 11 is 0. The van der Waals surface area contributed by atoms with Crippen molar-refractivity contribution in [1.82, 2.24) is 5.32 Å². The Morgan fingerprint density at radius 3 is 2.63 bits per heavy atom. The molecule has 2 nitrogen and oxygen atoms in total. The van der Waals surface area contributed by atoms with Gasteiger partial charge in [-0.2, -0.15) is 0 Å². The molecule has 0 radical (unpaired) electrons. The van der Waals surface area contributed by atoms with Crippen LogP contribution in [-0.2, 0) is 4.79 Å². The molecule has 19 heavy (non-hydrogen) atoms.